The van der Waals surface area contributed by atoms with Crippen molar-refractivity contribution in [1.82, 2.24) is 5.32 Å². The number of nitrogens with one attached hydrogen (secondary N) is 1. The van der Waals surface area contributed by atoms with E-state index in [4.69, 9.17) is 17.3 Å². The molecule has 1 unspecified atom stereocenters. The van der Waals surface area contributed by atoms with Crippen LogP contribution >= 0.6 is 24.0 Å². The van der Waals surface area contributed by atoms with Crippen molar-refractivity contribution in [1.29, 1.82) is 0 Å². The highest BCUT2D eigenvalue weighted by Crippen LogP contribution is 2.31. The van der Waals surface area contributed by atoms with E-state index in [2.05, 4.69) is 10.3 Å². The highest BCUT2D eigenvalue weighted by Gasteiger charge is 2.23. The summed E-state index contributed by atoms with van der Waals surface area (Å²) in [6.07, 6.45) is 0. The fourth-order valence-corrected chi connectivity index (χ4v) is 2.00. The van der Waals surface area contributed by atoms with Crippen LogP contribution in [0.2, 0.25) is 5.02 Å². The van der Waals surface area contributed by atoms with Crippen LogP contribution in [0.3, 0.4) is 0 Å². The van der Waals surface area contributed by atoms with Crippen LogP contribution in [0.25, 0.3) is 0 Å². The number of nitrogens with two attached hydrogens (primary N) is 1. The smallest absolute Gasteiger partial charge is 0.288 e. The first-order chi connectivity index (χ1) is 8.11. The second-order valence-electron chi connectivity index (χ2n) is 3.61. The third-order valence-corrected chi connectivity index (χ3v) is 2.95. The van der Waals surface area contributed by atoms with Crippen LogP contribution in [0.5, 0.6) is 0 Å². The van der Waals surface area contributed by atoms with Gasteiger partial charge in [-0.2, -0.15) is 0 Å². The maximum absolute atomic E-state index is 10.8. The molecule has 0 aliphatic carbocycles. The van der Waals surface area contributed by atoms with Crippen molar-refractivity contribution in [2.75, 3.05) is 13.1 Å². The molecule has 98 valence electrons. The molecule has 1 aliphatic rings. The molecule has 0 fully saturated rings. The molecule has 0 aromatic heterocycles. The molecule has 1 aliphatic heterocycles. The van der Waals surface area contributed by atoms with Crippen molar-refractivity contribution in [3.8, 4) is 0 Å². The first-order valence-corrected chi connectivity index (χ1v) is 5.45. The normalized spacial score (nSPS) is 15.3. The van der Waals surface area contributed by atoms with E-state index in [1.54, 1.807) is 12.1 Å². The number of nitro benzene ring substituents is 1. The average molecular weight is 291 g/mol. The summed E-state index contributed by atoms with van der Waals surface area (Å²) in [5, 5.41) is 13.9. The van der Waals surface area contributed by atoms with E-state index < -0.39 is 11.0 Å². The highest BCUT2D eigenvalue weighted by atomic mass is 35.5. The Kier molecular flexibility index (Phi) is 4.89. The van der Waals surface area contributed by atoms with E-state index in [1.165, 1.54) is 6.07 Å². The Morgan fingerprint density at radius 2 is 2.28 bits per heavy atom. The highest BCUT2D eigenvalue weighted by molar-refractivity contribution is 6.33. The lowest BCUT2D eigenvalue weighted by atomic mass is 10.1. The number of aliphatic imine (C=N–C) groups is 1. The lowest BCUT2D eigenvalue weighted by Crippen LogP contribution is -2.31. The van der Waals surface area contributed by atoms with E-state index in [0.717, 1.165) is 6.54 Å². The summed E-state index contributed by atoms with van der Waals surface area (Å²) in [5.74, 6) is 0.618. The van der Waals surface area contributed by atoms with Gasteiger partial charge in [0.1, 0.15) is 10.9 Å². The largest absolute Gasteiger partial charge is 0.370 e. The molecular formula is C10H12Cl2N4O2. The Hall–Kier alpha value is -1.37. The van der Waals surface area contributed by atoms with Gasteiger partial charge in [0.2, 0.25) is 0 Å². The van der Waals surface area contributed by atoms with Crippen molar-refractivity contribution in [2.45, 2.75) is 6.04 Å². The van der Waals surface area contributed by atoms with Crippen LogP contribution in [0, 0.1) is 10.1 Å². The molecule has 1 aromatic carbocycles. The van der Waals surface area contributed by atoms with Crippen LogP contribution in [0.4, 0.5) is 5.69 Å². The topological polar surface area (TPSA) is 93.5 Å². The Morgan fingerprint density at radius 3 is 2.83 bits per heavy atom. The predicted molar refractivity (Wildman–Crippen MR) is 72.6 cm³/mol. The summed E-state index contributed by atoms with van der Waals surface area (Å²) in [7, 11) is 0. The Bertz CT molecular complexity index is 493. The minimum atomic E-state index is -0.551. The lowest BCUT2D eigenvalue weighted by Gasteiger charge is -2.14. The molecule has 0 spiro atoms. The minimum Gasteiger partial charge on any atom is -0.370 e. The molecule has 0 saturated heterocycles. The third kappa shape index (κ3) is 2.72. The number of halogens is 2. The Balaban J connectivity index is 0.00000162. The molecule has 8 heteroatoms. The molecule has 1 atom stereocenters. The lowest BCUT2D eigenvalue weighted by molar-refractivity contribution is -0.384. The molecule has 3 N–H and O–H groups in total. The SMILES string of the molecule is Cl.NC(C1=NCCN1)c1cccc([N+](=O)[O-])c1Cl. The van der Waals surface area contributed by atoms with Gasteiger partial charge in [-0.15, -0.1) is 12.4 Å². The molecule has 0 amide bonds. The number of amidine groups is 1. The van der Waals surface area contributed by atoms with E-state index in [1.807, 2.05) is 0 Å². The van der Waals surface area contributed by atoms with Gasteiger partial charge in [-0.05, 0) is 0 Å². The van der Waals surface area contributed by atoms with Crippen molar-refractivity contribution in [3.05, 3.63) is 38.9 Å². The number of hydrogen-bond donors (Lipinski definition) is 2. The number of nitrogens with zero attached hydrogens (tertiary/aromatic N) is 2. The van der Waals surface area contributed by atoms with E-state index in [-0.39, 0.29) is 23.1 Å². The second kappa shape index (κ2) is 5.99. The maximum Gasteiger partial charge on any atom is 0.288 e. The van der Waals surface area contributed by atoms with Gasteiger partial charge >= 0.3 is 0 Å². The predicted octanol–water partition coefficient (Wildman–Crippen LogP) is 1.67. The summed E-state index contributed by atoms with van der Waals surface area (Å²) in [4.78, 5) is 14.4. The fourth-order valence-electron chi connectivity index (χ4n) is 1.69. The maximum atomic E-state index is 10.8. The molecule has 0 radical (unpaired) electrons. The van der Waals surface area contributed by atoms with Gasteiger partial charge in [0.25, 0.3) is 5.69 Å². The van der Waals surface area contributed by atoms with Gasteiger partial charge < -0.3 is 11.1 Å². The third-order valence-electron chi connectivity index (χ3n) is 2.53. The van der Waals surface area contributed by atoms with Crippen LogP contribution in [-0.4, -0.2) is 23.8 Å². The summed E-state index contributed by atoms with van der Waals surface area (Å²) in [5.41, 5.74) is 6.34. The van der Waals surface area contributed by atoms with Crippen molar-refractivity contribution in [3.63, 3.8) is 0 Å². The van der Waals surface area contributed by atoms with E-state index >= 15 is 0 Å². The first kappa shape index (κ1) is 14.7. The summed E-state index contributed by atoms with van der Waals surface area (Å²) in [6, 6.07) is 4.03. The minimum absolute atomic E-state index is 0. The number of benzene rings is 1. The fraction of sp³-hybridized carbons (Fsp3) is 0.300. The average Bonchev–Trinajstić information content (AvgIpc) is 2.81. The zero-order chi connectivity index (χ0) is 12.4. The van der Waals surface area contributed by atoms with Gasteiger partial charge in [0, 0.05) is 18.2 Å². The molecule has 2 rings (SSSR count). The number of nitro groups is 1. The van der Waals surface area contributed by atoms with Gasteiger partial charge in [-0.3, -0.25) is 15.1 Å². The van der Waals surface area contributed by atoms with Gasteiger partial charge in [0.15, 0.2) is 0 Å². The number of rotatable bonds is 3. The van der Waals surface area contributed by atoms with Crippen molar-refractivity contribution < 1.29 is 4.92 Å². The van der Waals surface area contributed by atoms with Gasteiger partial charge in [-0.25, -0.2) is 0 Å². The Morgan fingerprint density at radius 1 is 1.56 bits per heavy atom. The van der Waals surface area contributed by atoms with E-state index in [0.29, 0.717) is 17.9 Å². The molecule has 1 aromatic rings. The molecule has 1 heterocycles. The number of hydrogen-bond acceptors (Lipinski definition) is 5. The zero-order valence-electron chi connectivity index (χ0n) is 9.30. The molecule has 18 heavy (non-hydrogen) atoms. The van der Waals surface area contributed by atoms with Crippen molar-refractivity contribution in [2.24, 2.45) is 10.7 Å². The summed E-state index contributed by atoms with van der Waals surface area (Å²) in [6.45, 7) is 1.39. The van der Waals surface area contributed by atoms with Crippen LogP contribution < -0.4 is 11.1 Å². The molecular weight excluding hydrogens is 279 g/mol. The van der Waals surface area contributed by atoms with Crippen LogP contribution in [0.15, 0.2) is 23.2 Å². The summed E-state index contributed by atoms with van der Waals surface area (Å²) >= 11 is 5.97. The van der Waals surface area contributed by atoms with Gasteiger partial charge in [0.05, 0.1) is 17.5 Å². The molecule has 6 nitrogen and oxygen atoms in total. The standard InChI is InChI=1S/C10H11ClN4O2.ClH/c11-8-6(2-1-3-7(8)15(16)17)9(12)10-13-4-5-14-10;/h1-3,9H,4-5,12H2,(H,13,14);1H. The summed E-state index contributed by atoms with van der Waals surface area (Å²) < 4.78 is 0. The monoisotopic (exact) mass is 290 g/mol. The quantitative estimate of drug-likeness (QED) is 0.654. The first-order valence-electron chi connectivity index (χ1n) is 5.08. The van der Waals surface area contributed by atoms with E-state index in [9.17, 15) is 10.1 Å². The van der Waals surface area contributed by atoms with Gasteiger partial charge in [-0.1, -0.05) is 23.7 Å². The molecule has 0 bridgehead atoms. The molecule has 0 saturated carbocycles. The van der Waals surface area contributed by atoms with Crippen LogP contribution in [-0.2, 0) is 0 Å². The second-order valence-corrected chi connectivity index (χ2v) is 3.99. The van der Waals surface area contributed by atoms with Crippen LogP contribution in [0.1, 0.15) is 11.6 Å². The zero-order valence-corrected chi connectivity index (χ0v) is 10.9. The van der Waals surface area contributed by atoms with Crippen molar-refractivity contribution >= 4 is 35.5 Å². The Labute approximate surface area is 115 Å².